The highest BCUT2D eigenvalue weighted by Crippen LogP contribution is 2.71. The SMILES string of the molecule is CN(C)C1CC23CCC4(O2)C(=CC(C)(C)C2(C)C(c5ccc6ccnnc6c5)=CCC42)C=C3C(O)C1O. The monoisotopic (exact) mass is 499 g/mol. The lowest BCUT2D eigenvalue weighted by Crippen LogP contribution is -2.63. The minimum atomic E-state index is -0.912. The molecule has 0 radical (unpaired) electrons. The molecule has 2 fully saturated rings. The number of nitrogens with zero attached hydrogens (tertiary/aromatic N) is 3. The molecule has 0 amide bonds. The van der Waals surface area contributed by atoms with E-state index in [1.807, 2.05) is 25.1 Å². The topological polar surface area (TPSA) is 78.7 Å². The molecule has 2 bridgehead atoms. The fourth-order valence-electron chi connectivity index (χ4n) is 8.66. The minimum Gasteiger partial charge on any atom is -0.388 e. The van der Waals surface area contributed by atoms with E-state index < -0.39 is 17.8 Å². The lowest BCUT2D eigenvalue weighted by molar-refractivity contribution is -0.170. The second-order valence-corrected chi connectivity index (χ2v) is 13.0. The Morgan fingerprint density at radius 1 is 1.08 bits per heavy atom. The maximum absolute atomic E-state index is 11.3. The summed E-state index contributed by atoms with van der Waals surface area (Å²) in [7, 11) is 3.96. The molecule has 5 aliphatic rings. The third kappa shape index (κ3) is 2.85. The molecule has 1 saturated heterocycles. The van der Waals surface area contributed by atoms with Gasteiger partial charge >= 0.3 is 0 Å². The maximum atomic E-state index is 11.3. The van der Waals surface area contributed by atoms with Gasteiger partial charge in [-0.15, -0.1) is 0 Å². The van der Waals surface area contributed by atoms with Crippen molar-refractivity contribution in [2.24, 2.45) is 16.7 Å². The molecule has 194 valence electrons. The average Bonchev–Trinajstić information content (AvgIpc) is 3.40. The molecule has 7 rings (SSSR count). The molecule has 7 atom stereocenters. The Morgan fingerprint density at radius 2 is 1.89 bits per heavy atom. The van der Waals surface area contributed by atoms with Crippen LogP contribution >= 0.6 is 0 Å². The van der Waals surface area contributed by atoms with Crippen LogP contribution in [0.15, 0.2) is 59.8 Å². The van der Waals surface area contributed by atoms with Crippen LogP contribution in [0.2, 0.25) is 0 Å². The molecule has 2 N–H and O–H groups in total. The van der Waals surface area contributed by atoms with Crippen LogP contribution < -0.4 is 0 Å². The molecule has 2 aromatic rings. The molecule has 3 heterocycles. The molecular weight excluding hydrogens is 462 g/mol. The Kier molecular flexibility index (Phi) is 4.73. The van der Waals surface area contributed by atoms with Crippen LogP contribution in [-0.2, 0) is 4.74 Å². The predicted molar refractivity (Wildman–Crippen MR) is 144 cm³/mol. The van der Waals surface area contributed by atoms with E-state index in [2.05, 4.69) is 67.4 Å². The Labute approximate surface area is 218 Å². The summed E-state index contributed by atoms with van der Waals surface area (Å²) in [4.78, 5) is 2.03. The van der Waals surface area contributed by atoms with Crippen molar-refractivity contribution in [1.82, 2.24) is 15.1 Å². The van der Waals surface area contributed by atoms with Crippen LogP contribution in [0, 0.1) is 16.7 Å². The number of allylic oxidation sites excluding steroid dienone is 3. The largest absolute Gasteiger partial charge is 0.388 e. The van der Waals surface area contributed by atoms with Crippen molar-refractivity contribution >= 4 is 16.5 Å². The number of hydrogen-bond acceptors (Lipinski definition) is 6. The van der Waals surface area contributed by atoms with Gasteiger partial charge in [-0.05, 0) is 79.6 Å². The van der Waals surface area contributed by atoms with Crippen molar-refractivity contribution in [3.05, 3.63) is 65.4 Å². The summed E-state index contributed by atoms with van der Waals surface area (Å²) in [5, 5.41) is 31.8. The van der Waals surface area contributed by atoms with Crippen molar-refractivity contribution in [1.29, 1.82) is 0 Å². The normalized spacial score (nSPS) is 41.6. The van der Waals surface area contributed by atoms with E-state index in [1.54, 1.807) is 6.20 Å². The third-order valence-electron chi connectivity index (χ3n) is 10.9. The molecule has 6 heteroatoms. The number of ether oxygens (including phenoxy) is 1. The summed E-state index contributed by atoms with van der Waals surface area (Å²) in [5.74, 6) is 0.279. The first-order chi connectivity index (χ1) is 17.5. The number of hydrogen-bond donors (Lipinski definition) is 2. The lowest BCUT2D eigenvalue weighted by atomic mass is 9.49. The molecule has 3 aliphatic carbocycles. The Morgan fingerprint density at radius 3 is 2.68 bits per heavy atom. The number of aliphatic hydroxyl groups excluding tert-OH is 2. The summed E-state index contributed by atoms with van der Waals surface area (Å²) in [6, 6.07) is 8.43. The number of benzene rings is 1. The van der Waals surface area contributed by atoms with Gasteiger partial charge in [0.2, 0.25) is 0 Å². The molecule has 2 spiro atoms. The van der Waals surface area contributed by atoms with Gasteiger partial charge in [-0.1, -0.05) is 51.1 Å². The summed E-state index contributed by atoms with van der Waals surface area (Å²) in [6.45, 7) is 7.10. The number of aromatic nitrogens is 2. The van der Waals surface area contributed by atoms with Gasteiger partial charge in [0.15, 0.2) is 0 Å². The van der Waals surface area contributed by atoms with E-state index >= 15 is 0 Å². The molecule has 37 heavy (non-hydrogen) atoms. The van der Waals surface area contributed by atoms with Gasteiger partial charge in [-0.3, -0.25) is 0 Å². The fourth-order valence-corrected chi connectivity index (χ4v) is 8.66. The van der Waals surface area contributed by atoms with Gasteiger partial charge in [0, 0.05) is 22.8 Å². The molecular formula is C31H37N3O3. The van der Waals surface area contributed by atoms with Crippen molar-refractivity contribution in [3.63, 3.8) is 0 Å². The smallest absolute Gasteiger partial charge is 0.105 e. The molecule has 1 aromatic heterocycles. The molecule has 1 aromatic carbocycles. The number of fused-ring (bicyclic) bond motifs is 2. The quantitative estimate of drug-likeness (QED) is 0.642. The number of rotatable bonds is 2. The van der Waals surface area contributed by atoms with E-state index in [-0.39, 0.29) is 28.4 Å². The molecule has 6 nitrogen and oxygen atoms in total. The van der Waals surface area contributed by atoms with Crippen LogP contribution in [0.4, 0.5) is 0 Å². The molecule has 1 saturated carbocycles. The first-order valence-corrected chi connectivity index (χ1v) is 13.6. The second kappa shape index (κ2) is 7.38. The van der Waals surface area contributed by atoms with Crippen LogP contribution in [0.5, 0.6) is 0 Å². The first-order valence-electron chi connectivity index (χ1n) is 13.6. The highest BCUT2D eigenvalue weighted by Gasteiger charge is 2.70. The van der Waals surface area contributed by atoms with E-state index in [1.165, 1.54) is 16.7 Å². The van der Waals surface area contributed by atoms with Gasteiger partial charge in [0.05, 0.1) is 29.0 Å². The van der Waals surface area contributed by atoms with Crippen molar-refractivity contribution in [2.45, 2.75) is 75.9 Å². The predicted octanol–water partition coefficient (Wildman–Crippen LogP) is 4.29. The molecule has 2 aliphatic heterocycles. The second-order valence-electron chi connectivity index (χ2n) is 13.0. The Hall–Kier alpha value is -2.38. The van der Waals surface area contributed by atoms with Crippen LogP contribution in [0.25, 0.3) is 16.5 Å². The van der Waals surface area contributed by atoms with Crippen LogP contribution in [0.1, 0.15) is 52.0 Å². The van der Waals surface area contributed by atoms with Gasteiger partial charge < -0.3 is 19.8 Å². The van der Waals surface area contributed by atoms with E-state index in [4.69, 9.17) is 4.74 Å². The van der Waals surface area contributed by atoms with Gasteiger partial charge in [-0.25, -0.2) is 0 Å². The highest BCUT2D eigenvalue weighted by atomic mass is 16.5. The van der Waals surface area contributed by atoms with E-state index in [0.29, 0.717) is 6.42 Å². The zero-order chi connectivity index (χ0) is 26.0. The van der Waals surface area contributed by atoms with E-state index in [0.717, 1.165) is 35.7 Å². The average molecular weight is 500 g/mol. The number of aliphatic hydroxyl groups is 2. The van der Waals surface area contributed by atoms with Gasteiger partial charge in [0.1, 0.15) is 6.10 Å². The van der Waals surface area contributed by atoms with Crippen molar-refractivity contribution < 1.29 is 14.9 Å². The Bertz CT molecular complexity index is 1410. The first kappa shape index (κ1) is 23.7. The number of likely N-dealkylation sites (N-methyl/N-ethyl adjacent to an activating group) is 1. The van der Waals surface area contributed by atoms with Gasteiger partial charge in [0.25, 0.3) is 0 Å². The Balaban J connectivity index is 1.36. The zero-order valence-electron chi connectivity index (χ0n) is 22.4. The summed E-state index contributed by atoms with van der Waals surface area (Å²) in [5.41, 5.74) is 4.36. The summed E-state index contributed by atoms with van der Waals surface area (Å²) >= 11 is 0. The minimum absolute atomic E-state index is 0.142. The summed E-state index contributed by atoms with van der Waals surface area (Å²) in [6.07, 6.45) is 10.5. The van der Waals surface area contributed by atoms with Crippen molar-refractivity contribution in [3.8, 4) is 0 Å². The van der Waals surface area contributed by atoms with Crippen LogP contribution in [-0.4, -0.2) is 68.9 Å². The maximum Gasteiger partial charge on any atom is 0.105 e. The van der Waals surface area contributed by atoms with Crippen molar-refractivity contribution in [2.75, 3.05) is 14.1 Å². The highest BCUT2D eigenvalue weighted by molar-refractivity contribution is 5.85. The third-order valence-corrected chi connectivity index (χ3v) is 10.9. The van der Waals surface area contributed by atoms with Gasteiger partial charge in [-0.2, -0.15) is 10.2 Å². The fraction of sp³-hybridized carbons (Fsp3) is 0.548. The summed E-state index contributed by atoms with van der Waals surface area (Å²) < 4.78 is 7.32. The standard InChI is InChI=1S/C31H37N3O3/c1-28(2)16-20-15-22-26(35)27(36)24(34(4)5)17-30(22)11-12-31(20,37-30)25-9-8-21(29(25,28)3)19-7-6-18-10-13-32-33-23(18)14-19/h6-8,10,13-16,24-27,35-36H,9,11-12,17H2,1-5H3. The lowest BCUT2D eigenvalue weighted by Gasteiger charge is -2.60. The van der Waals surface area contributed by atoms with E-state index in [9.17, 15) is 10.2 Å². The van der Waals surface area contributed by atoms with Crippen LogP contribution in [0.3, 0.4) is 0 Å². The molecule has 7 unspecified atom stereocenters. The zero-order valence-corrected chi connectivity index (χ0v) is 22.4.